The van der Waals surface area contributed by atoms with Crippen LogP contribution in [-0.4, -0.2) is 9.97 Å². The van der Waals surface area contributed by atoms with Gasteiger partial charge in [-0.25, -0.2) is 4.98 Å². The molecule has 0 aliphatic carbocycles. The number of thiophene rings is 1. The molecule has 0 aliphatic rings. The maximum Gasteiger partial charge on any atom is 0.174 e. The van der Waals surface area contributed by atoms with E-state index in [1.807, 2.05) is 12.1 Å². The van der Waals surface area contributed by atoms with Crippen LogP contribution in [0.2, 0.25) is 4.34 Å². The highest BCUT2D eigenvalue weighted by molar-refractivity contribution is 9.10. The summed E-state index contributed by atoms with van der Waals surface area (Å²) in [7, 11) is 0. The fraction of sp³-hybridized carbons (Fsp3) is 0. The molecule has 0 bridgehead atoms. The van der Waals surface area contributed by atoms with E-state index in [0.29, 0.717) is 0 Å². The Morgan fingerprint density at radius 2 is 2.33 bits per heavy atom. The van der Waals surface area contributed by atoms with Gasteiger partial charge in [0.05, 0.1) is 21.1 Å². The van der Waals surface area contributed by atoms with Crippen molar-refractivity contribution in [1.29, 1.82) is 0 Å². The number of H-pyrrole nitrogens is 1. The van der Waals surface area contributed by atoms with Gasteiger partial charge in [-0.05, 0) is 28.1 Å². The summed E-state index contributed by atoms with van der Waals surface area (Å²) in [6, 6.07) is 3.84. The van der Waals surface area contributed by atoms with Crippen molar-refractivity contribution < 1.29 is 0 Å². The molecule has 1 N–H and O–H groups in total. The van der Waals surface area contributed by atoms with Gasteiger partial charge in [-0.2, -0.15) is 0 Å². The average molecular weight is 264 g/mol. The maximum absolute atomic E-state index is 5.79. The van der Waals surface area contributed by atoms with Crippen molar-refractivity contribution in [3.63, 3.8) is 0 Å². The number of aromatic nitrogens is 2. The van der Waals surface area contributed by atoms with Crippen molar-refractivity contribution >= 4 is 38.9 Å². The summed E-state index contributed by atoms with van der Waals surface area (Å²) >= 11 is 10.6. The van der Waals surface area contributed by atoms with Gasteiger partial charge in [0, 0.05) is 0 Å². The van der Waals surface area contributed by atoms with Crippen molar-refractivity contribution in [1.82, 2.24) is 9.97 Å². The van der Waals surface area contributed by atoms with Crippen LogP contribution in [0.5, 0.6) is 0 Å². The Bertz CT molecular complexity index is 357. The summed E-state index contributed by atoms with van der Waals surface area (Å²) in [5, 5.41) is 0. The van der Waals surface area contributed by atoms with E-state index in [2.05, 4.69) is 25.9 Å². The van der Waals surface area contributed by atoms with Crippen molar-refractivity contribution in [2.75, 3.05) is 0 Å². The molecule has 0 saturated heterocycles. The van der Waals surface area contributed by atoms with E-state index in [4.69, 9.17) is 11.6 Å². The number of hydrogen-bond acceptors (Lipinski definition) is 2. The first-order valence-corrected chi connectivity index (χ1v) is 5.20. The van der Waals surface area contributed by atoms with Gasteiger partial charge >= 0.3 is 0 Å². The number of nitrogens with one attached hydrogen (secondary N) is 1. The molecule has 0 aromatic carbocycles. The second-order valence-corrected chi connectivity index (χ2v) is 4.66. The molecule has 0 unspecified atom stereocenters. The Labute approximate surface area is 86.7 Å². The fourth-order valence-electron chi connectivity index (χ4n) is 0.881. The predicted octanol–water partition coefficient (Wildman–Crippen LogP) is 3.55. The van der Waals surface area contributed by atoms with Crippen molar-refractivity contribution in [2.24, 2.45) is 0 Å². The van der Waals surface area contributed by atoms with Gasteiger partial charge in [0.1, 0.15) is 0 Å². The summed E-state index contributed by atoms with van der Waals surface area (Å²) in [5.41, 5.74) is 0.985. The zero-order valence-corrected chi connectivity index (χ0v) is 9.00. The van der Waals surface area contributed by atoms with Gasteiger partial charge in [0.25, 0.3) is 0 Å². The molecule has 2 heterocycles. The number of aromatic amines is 1. The normalized spacial score (nSPS) is 10.5. The highest BCUT2D eigenvalue weighted by atomic mass is 79.9. The second kappa shape index (κ2) is 3.20. The minimum absolute atomic E-state index is 0.738. The molecule has 0 fully saturated rings. The minimum Gasteiger partial charge on any atom is -0.332 e. The van der Waals surface area contributed by atoms with Crippen LogP contribution in [0.15, 0.2) is 23.1 Å². The number of hydrogen-bond donors (Lipinski definition) is 1. The molecule has 0 amide bonds. The lowest BCUT2D eigenvalue weighted by atomic mass is 10.4. The molecule has 2 rings (SSSR count). The molecule has 0 atom stereocenters. The van der Waals surface area contributed by atoms with Crippen LogP contribution in [0.25, 0.3) is 10.6 Å². The molecule has 5 heteroatoms. The first-order valence-electron chi connectivity index (χ1n) is 3.22. The van der Waals surface area contributed by atoms with Crippen LogP contribution in [0.3, 0.4) is 0 Å². The van der Waals surface area contributed by atoms with Gasteiger partial charge in [-0.15, -0.1) is 11.3 Å². The van der Waals surface area contributed by atoms with Crippen LogP contribution in [0.4, 0.5) is 0 Å². The van der Waals surface area contributed by atoms with Crippen LogP contribution >= 0.6 is 38.9 Å². The zero-order chi connectivity index (χ0) is 8.55. The van der Waals surface area contributed by atoms with Crippen LogP contribution in [0.1, 0.15) is 0 Å². The summed E-state index contributed by atoms with van der Waals surface area (Å²) < 4.78 is 1.53. The third-order valence-electron chi connectivity index (χ3n) is 1.38. The largest absolute Gasteiger partial charge is 0.332 e. The lowest BCUT2D eigenvalue weighted by Gasteiger charge is -1.86. The van der Waals surface area contributed by atoms with E-state index in [0.717, 1.165) is 19.6 Å². The number of rotatable bonds is 1. The van der Waals surface area contributed by atoms with Crippen molar-refractivity contribution in [2.45, 2.75) is 0 Å². The van der Waals surface area contributed by atoms with E-state index >= 15 is 0 Å². The van der Waals surface area contributed by atoms with Crippen LogP contribution in [0, 0.1) is 0 Å². The predicted molar refractivity (Wildman–Crippen MR) is 54.6 cm³/mol. The minimum atomic E-state index is 0.738. The summed E-state index contributed by atoms with van der Waals surface area (Å²) in [6.45, 7) is 0. The first-order chi connectivity index (χ1) is 5.75. The lowest BCUT2D eigenvalue weighted by Crippen LogP contribution is -1.68. The Kier molecular flexibility index (Phi) is 2.21. The molecule has 2 aromatic heterocycles. The van der Waals surface area contributed by atoms with E-state index in [-0.39, 0.29) is 0 Å². The Balaban J connectivity index is 2.43. The fourth-order valence-corrected chi connectivity index (χ4v) is 2.21. The van der Waals surface area contributed by atoms with E-state index in [9.17, 15) is 0 Å². The molecule has 0 saturated carbocycles. The first kappa shape index (κ1) is 8.29. The Morgan fingerprint density at radius 1 is 1.50 bits per heavy atom. The Morgan fingerprint density at radius 3 is 2.83 bits per heavy atom. The average Bonchev–Trinajstić information content (AvgIpc) is 2.58. The SMILES string of the molecule is Clc1ccc(-c2cnc(Br)[nH]2)s1. The van der Waals surface area contributed by atoms with Crippen molar-refractivity contribution in [3.8, 4) is 10.6 Å². The monoisotopic (exact) mass is 262 g/mol. The summed E-state index contributed by atoms with van der Waals surface area (Å²) in [5.74, 6) is 0. The van der Waals surface area contributed by atoms with Crippen molar-refractivity contribution in [3.05, 3.63) is 27.4 Å². The molecular formula is C7H4BrClN2S. The van der Waals surface area contributed by atoms with Crippen LogP contribution < -0.4 is 0 Å². The molecule has 0 aliphatic heterocycles. The van der Waals surface area contributed by atoms with Gasteiger partial charge in [0.2, 0.25) is 0 Å². The number of nitrogens with zero attached hydrogens (tertiary/aromatic N) is 1. The smallest absolute Gasteiger partial charge is 0.174 e. The van der Waals surface area contributed by atoms with Crippen LogP contribution in [-0.2, 0) is 0 Å². The quantitative estimate of drug-likeness (QED) is 0.837. The molecule has 62 valence electrons. The summed E-state index contributed by atoms with van der Waals surface area (Å²) in [4.78, 5) is 8.19. The summed E-state index contributed by atoms with van der Waals surface area (Å²) in [6.07, 6.45) is 1.77. The molecule has 12 heavy (non-hydrogen) atoms. The van der Waals surface area contributed by atoms with Gasteiger partial charge in [-0.3, -0.25) is 0 Å². The van der Waals surface area contributed by atoms with E-state index < -0.39 is 0 Å². The highest BCUT2D eigenvalue weighted by Crippen LogP contribution is 2.30. The maximum atomic E-state index is 5.79. The molecule has 0 radical (unpaired) electrons. The third-order valence-corrected chi connectivity index (χ3v) is 3.05. The molecule has 0 spiro atoms. The van der Waals surface area contributed by atoms with Gasteiger partial charge in [0.15, 0.2) is 4.73 Å². The Hall–Kier alpha value is -0.320. The molecule has 2 nitrogen and oxygen atoms in total. The van der Waals surface area contributed by atoms with E-state index in [1.165, 1.54) is 11.3 Å². The van der Waals surface area contributed by atoms with Gasteiger partial charge in [-0.1, -0.05) is 11.6 Å². The van der Waals surface area contributed by atoms with Gasteiger partial charge < -0.3 is 4.98 Å². The highest BCUT2D eigenvalue weighted by Gasteiger charge is 2.03. The number of halogens is 2. The number of imidazole rings is 1. The topological polar surface area (TPSA) is 28.7 Å². The zero-order valence-electron chi connectivity index (χ0n) is 5.84. The molecule has 2 aromatic rings. The third kappa shape index (κ3) is 1.55. The van der Waals surface area contributed by atoms with E-state index in [1.54, 1.807) is 6.20 Å². The lowest BCUT2D eigenvalue weighted by molar-refractivity contribution is 1.24. The standard InChI is InChI=1S/C7H4BrClN2S/c8-7-10-3-4(11-7)5-1-2-6(9)12-5/h1-3H,(H,10,11). The molecular weight excluding hydrogens is 260 g/mol. The second-order valence-electron chi connectivity index (χ2n) is 2.19.